The van der Waals surface area contributed by atoms with Crippen molar-refractivity contribution in [1.29, 1.82) is 0 Å². The van der Waals surface area contributed by atoms with Gasteiger partial charge < -0.3 is 40.0 Å². The Morgan fingerprint density at radius 3 is 1.00 bits per heavy atom. The predicted octanol–water partition coefficient (Wildman–Crippen LogP) is -9.59. The standard InChI is InChI=1S/C6H14O12P2.2Na/c7-1-2(8)4(10)6(18-20(14,15)16)5(3(1)9)17-19(11,12)13;;/h1-10H,(H2,11,12,13)(H2,14,15,16);;/q;2*+1/t1-,2+,3-,4-,5+,6+;;/m0../s1. The summed E-state index contributed by atoms with van der Waals surface area (Å²) in [7, 11) is -10.5. The first-order valence-electron chi connectivity index (χ1n) is 5.03. The van der Waals surface area contributed by atoms with Gasteiger partial charge in [0.05, 0.1) is 0 Å². The summed E-state index contributed by atoms with van der Waals surface area (Å²) in [5.41, 5.74) is 0. The van der Waals surface area contributed by atoms with E-state index in [0.29, 0.717) is 0 Å². The van der Waals surface area contributed by atoms with Gasteiger partial charge in [-0.25, -0.2) is 9.13 Å². The molecule has 1 rings (SSSR count). The summed E-state index contributed by atoms with van der Waals surface area (Å²) in [6, 6.07) is 0. The average molecular weight is 386 g/mol. The van der Waals surface area contributed by atoms with E-state index in [1.807, 2.05) is 0 Å². The van der Waals surface area contributed by atoms with Gasteiger partial charge in [0, 0.05) is 0 Å². The van der Waals surface area contributed by atoms with Gasteiger partial charge >= 0.3 is 74.8 Å². The largest absolute Gasteiger partial charge is 1.00 e. The van der Waals surface area contributed by atoms with E-state index in [4.69, 9.17) is 19.6 Å². The first kappa shape index (κ1) is 26.3. The Labute approximate surface area is 168 Å². The average Bonchev–Trinajstić information content (AvgIpc) is 2.25. The smallest absolute Gasteiger partial charge is 0.387 e. The van der Waals surface area contributed by atoms with Gasteiger partial charge in [-0.15, -0.1) is 0 Å². The maximum Gasteiger partial charge on any atom is 1.00 e. The molecule has 0 aromatic heterocycles. The maximum atomic E-state index is 10.7. The van der Waals surface area contributed by atoms with Crippen LogP contribution in [0.25, 0.3) is 0 Å². The number of hydrogen-bond donors (Lipinski definition) is 8. The van der Waals surface area contributed by atoms with Crippen LogP contribution in [-0.2, 0) is 18.2 Å². The Hall–Kier alpha value is 2.06. The fourth-order valence-electron chi connectivity index (χ4n) is 1.74. The number of phosphoric ester groups is 2. The third kappa shape index (κ3) is 7.52. The molecule has 0 saturated heterocycles. The van der Waals surface area contributed by atoms with Crippen LogP contribution >= 0.6 is 15.6 Å². The Balaban J connectivity index is 0. The molecule has 0 aromatic carbocycles. The van der Waals surface area contributed by atoms with Gasteiger partial charge in [-0.3, -0.25) is 9.05 Å². The van der Waals surface area contributed by atoms with Crippen molar-refractivity contribution in [3.8, 4) is 0 Å². The Morgan fingerprint density at radius 2 is 0.818 bits per heavy atom. The van der Waals surface area contributed by atoms with Crippen LogP contribution in [0, 0.1) is 0 Å². The van der Waals surface area contributed by atoms with E-state index in [9.17, 15) is 29.6 Å². The summed E-state index contributed by atoms with van der Waals surface area (Å²) >= 11 is 0. The minimum atomic E-state index is -5.24. The molecule has 0 unspecified atom stereocenters. The monoisotopic (exact) mass is 386 g/mol. The first-order chi connectivity index (χ1) is 8.83. The second-order valence-electron chi connectivity index (χ2n) is 4.08. The normalized spacial score (nSPS) is 36.2. The van der Waals surface area contributed by atoms with Gasteiger partial charge in [-0.2, -0.15) is 0 Å². The van der Waals surface area contributed by atoms with Crippen LogP contribution in [0.2, 0.25) is 0 Å². The molecular formula is C6H14Na2O12P2+2. The molecule has 1 aliphatic rings. The third-order valence-corrected chi connectivity index (χ3v) is 3.60. The minimum absolute atomic E-state index is 0. The van der Waals surface area contributed by atoms with E-state index in [-0.39, 0.29) is 59.1 Å². The zero-order valence-electron chi connectivity index (χ0n) is 11.6. The quantitative estimate of drug-likeness (QED) is 0.167. The van der Waals surface area contributed by atoms with E-state index in [1.54, 1.807) is 0 Å². The van der Waals surface area contributed by atoms with E-state index in [1.165, 1.54) is 0 Å². The van der Waals surface area contributed by atoms with Crippen LogP contribution in [0.5, 0.6) is 0 Å². The topological polar surface area (TPSA) is 214 Å². The molecule has 0 radical (unpaired) electrons. The molecule has 0 aromatic rings. The summed E-state index contributed by atoms with van der Waals surface area (Å²) in [5, 5.41) is 37.8. The third-order valence-electron chi connectivity index (χ3n) is 2.56. The molecule has 1 fully saturated rings. The summed E-state index contributed by atoms with van der Waals surface area (Å²) in [6.45, 7) is 0. The zero-order chi connectivity index (χ0) is 15.9. The van der Waals surface area contributed by atoms with Crippen LogP contribution in [0.4, 0.5) is 0 Å². The second kappa shape index (κ2) is 9.67. The van der Waals surface area contributed by atoms with Crippen molar-refractivity contribution in [3.05, 3.63) is 0 Å². The summed E-state index contributed by atoms with van der Waals surface area (Å²) in [6.07, 6.45) is -12.8. The summed E-state index contributed by atoms with van der Waals surface area (Å²) in [4.78, 5) is 34.6. The fourth-order valence-corrected chi connectivity index (χ4v) is 2.87. The summed E-state index contributed by atoms with van der Waals surface area (Å²) < 4.78 is 29.6. The van der Waals surface area contributed by atoms with Crippen LogP contribution < -0.4 is 59.1 Å². The molecule has 120 valence electrons. The number of rotatable bonds is 4. The van der Waals surface area contributed by atoms with Gasteiger partial charge in [-0.1, -0.05) is 0 Å². The Kier molecular flexibility index (Phi) is 11.6. The van der Waals surface area contributed by atoms with Gasteiger partial charge in [0.25, 0.3) is 0 Å². The van der Waals surface area contributed by atoms with Crippen molar-refractivity contribution < 1.29 is 117 Å². The van der Waals surface area contributed by atoms with Crippen molar-refractivity contribution in [3.63, 3.8) is 0 Å². The maximum absolute atomic E-state index is 10.7. The van der Waals surface area contributed by atoms with Crippen LogP contribution in [0.1, 0.15) is 0 Å². The number of phosphoric acid groups is 2. The fraction of sp³-hybridized carbons (Fsp3) is 1.00. The molecule has 22 heavy (non-hydrogen) atoms. The van der Waals surface area contributed by atoms with Gasteiger partial charge in [0.1, 0.15) is 36.6 Å². The molecule has 16 heteroatoms. The van der Waals surface area contributed by atoms with E-state index in [0.717, 1.165) is 0 Å². The van der Waals surface area contributed by atoms with E-state index < -0.39 is 52.3 Å². The van der Waals surface area contributed by atoms with Crippen LogP contribution in [-0.4, -0.2) is 76.6 Å². The molecule has 0 heterocycles. The molecule has 1 saturated carbocycles. The summed E-state index contributed by atoms with van der Waals surface area (Å²) in [5.74, 6) is 0. The molecule has 12 nitrogen and oxygen atoms in total. The van der Waals surface area contributed by atoms with Crippen molar-refractivity contribution in [1.82, 2.24) is 0 Å². The molecule has 0 bridgehead atoms. The SMILES string of the molecule is O=P(O)(O)O[C@@H]1[C@@H](O)[C@H](O)[C@H](O)[C@H](O)[C@H]1OP(=O)(O)O.[Na+].[Na+]. The second-order valence-corrected chi connectivity index (χ2v) is 6.47. The van der Waals surface area contributed by atoms with E-state index >= 15 is 0 Å². The van der Waals surface area contributed by atoms with Crippen molar-refractivity contribution in [2.24, 2.45) is 0 Å². The van der Waals surface area contributed by atoms with Gasteiger partial charge in [0.15, 0.2) is 0 Å². The molecule has 8 N–H and O–H groups in total. The predicted molar refractivity (Wildman–Crippen MR) is 57.9 cm³/mol. The first-order valence-corrected chi connectivity index (χ1v) is 8.10. The van der Waals surface area contributed by atoms with Crippen LogP contribution in [0.3, 0.4) is 0 Å². The molecule has 6 atom stereocenters. The Morgan fingerprint density at radius 1 is 0.591 bits per heavy atom. The Bertz CT molecular complexity index is 397. The number of hydrogen-bond acceptors (Lipinski definition) is 8. The molecule has 0 spiro atoms. The van der Waals surface area contributed by atoms with Gasteiger partial charge in [0.2, 0.25) is 0 Å². The van der Waals surface area contributed by atoms with E-state index in [2.05, 4.69) is 9.05 Å². The van der Waals surface area contributed by atoms with Gasteiger partial charge in [-0.05, 0) is 0 Å². The van der Waals surface area contributed by atoms with Crippen molar-refractivity contribution in [2.75, 3.05) is 0 Å². The number of aliphatic hydroxyl groups excluding tert-OH is 4. The van der Waals surface area contributed by atoms with Crippen molar-refractivity contribution in [2.45, 2.75) is 36.6 Å². The number of aliphatic hydroxyl groups is 4. The molecular weight excluding hydrogens is 372 g/mol. The molecule has 1 aliphatic carbocycles. The molecule has 0 aliphatic heterocycles. The van der Waals surface area contributed by atoms with Crippen molar-refractivity contribution >= 4 is 15.6 Å². The van der Waals surface area contributed by atoms with Crippen LogP contribution in [0.15, 0.2) is 0 Å². The minimum Gasteiger partial charge on any atom is -0.387 e. The zero-order valence-corrected chi connectivity index (χ0v) is 17.4. The molecule has 0 amide bonds.